The normalized spacial score (nSPS) is 27.4. The molecule has 2 amide bonds. The van der Waals surface area contributed by atoms with Crippen LogP contribution in [0.3, 0.4) is 0 Å². The Morgan fingerprint density at radius 3 is 2.42 bits per heavy atom. The van der Waals surface area contributed by atoms with Gasteiger partial charge in [0.15, 0.2) is 0 Å². The number of β-lactam (4-membered cyclic amide) rings is 1. The maximum Gasteiger partial charge on any atom is 0.327 e. The van der Waals surface area contributed by atoms with Gasteiger partial charge in [0.25, 0.3) is 5.91 Å². The van der Waals surface area contributed by atoms with Crippen LogP contribution in [-0.2, 0) is 9.59 Å². The largest absolute Gasteiger partial charge is 0.480 e. The quantitative estimate of drug-likeness (QED) is 0.795. The number of rotatable bonds is 3. The first kappa shape index (κ1) is 16.7. The minimum absolute atomic E-state index is 0.574. The molecule has 6 nitrogen and oxygen atoms in total. The average molecular weight is 356 g/mol. The van der Waals surface area contributed by atoms with Gasteiger partial charge in [0.1, 0.15) is 34.7 Å². The summed E-state index contributed by atoms with van der Waals surface area (Å²) in [5, 5.41) is 11.0. The number of carboxylic acid groups (broad SMARTS) is 1. The average Bonchev–Trinajstić information content (AvgIpc) is 2.73. The van der Waals surface area contributed by atoms with E-state index in [-0.39, 0.29) is 0 Å². The number of thioether (sulfide) groups is 1. The van der Waals surface area contributed by atoms with Gasteiger partial charge in [0.2, 0.25) is 5.91 Å². The van der Waals surface area contributed by atoms with Crippen LogP contribution in [-0.4, -0.2) is 50.0 Å². The fraction of sp³-hybridized carbons (Fsp3) is 0.400. The van der Waals surface area contributed by atoms with Crippen LogP contribution in [0.15, 0.2) is 18.2 Å². The lowest BCUT2D eigenvalue weighted by Gasteiger charge is -2.43. The molecule has 0 radical (unpaired) electrons. The van der Waals surface area contributed by atoms with E-state index >= 15 is 0 Å². The second kappa shape index (κ2) is 5.44. The summed E-state index contributed by atoms with van der Waals surface area (Å²) >= 11 is 1.23. The van der Waals surface area contributed by atoms with Crippen LogP contribution in [0.5, 0.6) is 0 Å². The second-order valence-corrected chi connectivity index (χ2v) is 7.92. The molecule has 0 spiro atoms. The molecule has 2 heterocycles. The lowest BCUT2D eigenvalue weighted by atomic mass is 9.96. The van der Waals surface area contributed by atoms with Crippen molar-refractivity contribution in [1.82, 2.24) is 10.2 Å². The molecule has 24 heavy (non-hydrogen) atoms. The summed E-state index contributed by atoms with van der Waals surface area (Å²) in [6.07, 6.45) is 0. The van der Waals surface area contributed by atoms with E-state index in [1.807, 2.05) is 0 Å². The number of carbonyl (C=O) groups excluding carboxylic acids is 2. The maximum absolute atomic E-state index is 13.7. The van der Waals surface area contributed by atoms with E-state index < -0.39 is 57.2 Å². The third-order valence-corrected chi connectivity index (χ3v) is 5.72. The summed E-state index contributed by atoms with van der Waals surface area (Å²) < 4.78 is 26.6. The Hall–Kier alpha value is -2.16. The van der Waals surface area contributed by atoms with Crippen molar-refractivity contribution in [3.05, 3.63) is 35.4 Å². The molecule has 2 saturated heterocycles. The number of nitrogens with one attached hydrogen (secondary N) is 1. The highest BCUT2D eigenvalue weighted by Gasteiger charge is 2.64. The van der Waals surface area contributed by atoms with Crippen LogP contribution in [0.2, 0.25) is 0 Å². The number of halogens is 2. The molecule has 0 aromatic heterocycles. The van der Waals surface area contributed by atoms with Crippen molar-refractivity contribution in [1.29, 1.82) is 0 Å². The van der Waals surface area contributed by atoms with Crippen molar-refractivity contribution >= 4 is 29.5 Å². The Kier molecular flexibility index (Phi) is 3.78. The molecule has 9 heteroatoms. The van der Waals surface area contributed by atoms with Crippen LogP contribution in [0, 0.1) is 11.6 Å². The number of hydrogen-bond acceptors (Lipinski definition) is 4. The number of hydrogen-bond donors (Lipinski definition) is 2. The van der Waals surface area contributed by atoms with E-state index in [4.69, 9.17) is 0 Å². The number of carboxylic acids is 1. The molecular weight excluding hydrogens is 342 g/mol. The molecule has 1 aromatic rings. The summed E-state index contributed by atoms with van der Waals surface area (Å²) in [6.45, 7) is 3.38. The van der Waals surface area contributed by atoms with Crippen LogP contribution in [0.1, 0.15) is 24.2 Å². The Morgan fingerprint density at radius 1 is 1.29 bits per heavy atom. The van der Waals surface area contributed by atoms with E-state index in [1.165, 1.54) is 16.7 Å². The van der Waals surface area contributed by atoms with Crippen molar-refractivity contribution in [2.75, 3.05) is 0 Å². The van der Waals surface area contributed by atoms with E-state index in [0.717, 1.165) is 18.2 Å². The summed E-state index contributed by atoms with van der Waals surface area (Å²) in [4.78, 5) is 36.9. The van der Waals surface area contributed by atoms with Gasteiger partial charge in [0, 0.05) is 4.75 Å². The lowest BCUT2D eigenvalue weighted by molar-refractivity contribution is -0.159. The molecule has 2 aliphatic rings. The molecule has 3 rings (SSSR count). The van der Waals surface area contributed by atoms with Gasteiger partial charge in [0.05, 0.1) is 0 Å². The zero-order valence-electron chi connectivity index (χ0n) is 12.7. The maximum atomic E-state index is 13.7. The number of aliphatic carboxylic acids is 1. The molecule has 0 bridgehead atoms. The number of nitrogens with zero attached hydrogens (tertiary/aromatic N) is 1. The van der Waals surface area contributed by atoms with Crippen molar-refractivity contribution in [3.63, 3.8) is 0 Å². The van der Waals surface area contributed by atoms with Gasteiger partial charge in [-0.1, -0.05) is 6.07 Å². The minimum Gasteiger partial charge on any atom is -0.480 e. The number of carbonyl (C=O) groups is 3. The highest BCUT2D eigenvalue weighted by atomic mass is 32.2. The van der Waals surface area contributed by atoms with Crippen molar-refractivity contribution in [3.8, 4) is 0 Å². The van der Waals surface area contributed by atoms with E-state index in [2.05, 4.69) is 5.32 Å². The fourth-order valence-electron chi connectivity index (χ4n) is 3.07. The van der Waals surface area contributed by atoms with E-state index in [0.29, 0.717) is 0 Å². The molecule has 0 unspecified atom stereocenters. The van der Waals surface area contributed by atoms with Gasteiger partial charge in [-0.2, -0.15) is 0 Å². The van der Waals surface area contributed by atoms with Crippen molar-refractivity contribution in [2.45, 2.75) is 36.1 Å². The molecular formula is C15H14F2N2O4S. The molecule has 2 N–H and O–H groups in total. The molecule has 0 aliphatic carbocycles. The predicted molar refractivity (Wildman–Crippen MR) is 81.3 cm³/mol. The van der Waals surface area contributed by atoms with Gasteiger partial charge in [-0.25, -0.2) is 13.6 Å². The Balaban J connectivity index is 1.81. The first-order valence-electron chi connectivity index (χ1n) is 7.13. The molecule has 2 aliphatic heterocycles. The summed E-state index contributed by atoms with van der Waals surface area (Å²) in [6, 6.07) is 0.995. The standard InChI is InChI=1S/C15H14F2N2O4S/c1-15(2)10(14(22)23)19-12(21)9(13(19)24-15)18-11(20)8-6(16)4-3-5-7(8)17/h3-5,9-10,13H,1-2H3,(H,18,20)(H,22,23)/t9-,10+,13-/m1/s1. The Morgan fingerprint density at radius 2 is 1.88 bits per heavy atom. The molecule has 3 atom stereocenters. The number of benzene rings is 1. The highest BCUT2D eigenvalue weighted by molar-refractivity contribution is 8.01. The van der Waals surface area contributed by atoms with E-state index in [1.54, 1.807) is 13.8 Å². The SMILES string of the molecule is CC1(C)S[C@@H]2[C@H](NC(=O)c3c(F)cccc3F)C(=O)N2[C@H]1C(=O)O. The summed E-state index contributed by atoms with van der Waals surface area (Å²) in [5.41, 5.74) is -0.763. The zero-order chi connectivity index (χ0) is 17.8. The van der Waals surface area contributed by atoms with Gasteiger partial charge >= 0.3 is 5.97 Å². The first-order chi connectivity index (χ1) is 11.1. The predicted octanol–water partition coefficient (Wildman–Crippen LogP) is 1.21. The first-order valence-corrected chi connectivity index (χ1v) is 8.01. The fourth-order valence-corrected chi connectivity index (χ4v) is 4.70. The molecule has 0 saturated carbocycles. The number of amides is 2. The highest BCUT2D eigenvalue weighted by Crippen LogP contribution is 2.50. The van der Waals surface area contributed by atoms with Crippen molar-refractivity contribution in [2.24, 2.45) is 0 Å². The van der Waals surface area contributed by atoms with Gasteiger partial charge in [-0.15, -0.1) is 11.8 Å². The Bertz CT molecular complexity index is 735. The Labute approximate surface area is 140 Å². The lowest BCUT2D eigenvalue weighted by Crippen LogP contribution is -2.70. The third-order valence-electron chi connectivity index (χ3n) is 4.15. The molecule has 2 fully saturated rings. The van der Waals surface area contributed by atoms with Gasteiger partial charge in [-0.05, 0) is 26.0 Å². The summed E-state index contributed by atoms with van der Waals surface area (Å²) in [7, 11) is 0. The van der Waals surface area contributed by atoms with Crippen molar-refractivity contribution < 1.29 is 28.3 Å². The van der Waals surface area contributed by atoms with Crippen LogP contribution in [0.25, 0.3) is 0 Å². The summed E-state index contributed by atoms with van der Waals surface area (Å²) in [5.74, 6) is -4.80. The number of fused-ring (bicyclic) bond motifs is 1. The monoisotopic (exact) mass is 356 g/mol. The van der Waals surface area contributed by atoms with E-state index in [9.17, 15) is 28.3 Å². The van der Waals surface area contributed by atoms with Gasteiger partial charge in [-0.3, -0.25) is 9.59 Å². The van der Waals surface area contributed by atoms with Crippen LogP contribution >= 0.6 is 11.8 Å². The van der Waals surface area contributed by atoms with Crippen LogP contribution < -0.4 is 5.32 Å². The molecule has 128 valence electrons. The van der Waals surface area contributed by atoms with Gasteiger partial charge < -0.3 is 15.3 Å². The topological polar surface area (TPSA) is 86.7 Å². The second-order valence-electron chi connectivity index (χ2n) is 6.15. The smallest absolute Gasteiger partial charge is 0.327 e. The molecule has 1 aromatic carbocycles. The third kappa shape index (κ3) is 2.34. The van der Waals surface area contributed by atoms with Crippen LogP contribution in [0.4, 0.5) is 8.78 Å². The zero-order valence-corrected chi connectivity index (χ0v) is 13.6. The minimum atomic E-state index is -1.13.